The first-order chi connectivity index (χ1) is 6.51. The van der Waals surface area contributed by atoms with Gasteiger partial charge < -0.3 is 4.74 Å². The quantitative estimate of drug-likeness (QED) is 0.591. The van der Waals surface area contributed by atoms with Gasteiger partial charge in [0.2, 0.25) is 0 Å². The minimum Gasteiger partial charge on any atom is -0.444 e. The second-order valence-corrected chi connectivity index (χ2v) is 2.76. The molecule has 0 amide bonds. The lowest BCUT2D eigenvalue weighted by Gasteiger charge is -2.26. The van der Waals surface area contributed by atoms with Gasteiger partial charge in [0.25, 0.3) is 0 Å². The molecule has 1 atom stereocenters. The van der Waals surface area contributed by atoms with Crippen molar-refractivity contribution in [2.75, 3.05) is 0 Å². The maximum absolute atomic E-state index is 12.7. The fraction of sp³-hybridized carbons (Fsp3) is 0.667. The molecule has 0 spiro atoms. The van der Waals surface area contributed by atoms with Crippen LogP contribution in [-0.2, 0) is 4.74 Å². The summed E-state index contributed by atoms with van der Waals surface area (Å²) in [7, 11) is 0. The van der Waals surface area contributed by atoms with Crippen molar-refractivity contribution in [2.45, 2.75) is 24.4 Å². The van der Waals surface area contributed by atoms with Crippen LogP contribution in [-0.4, -0.2) is 18.0 Å². The molecule has 0 saturated carbocycles. The zero-order valence-electron chi connectivity index (χ0n) is 6.64. The predicted molar refractivity (Wildman–Crippen MR) is 29.8 cm³/mol. The number of hydrogen-bond donors (Lipinski definition) is 0. The maximum atomic E-state index is 12.7. The van der Waals surface area contributed by atoms with Crippen LogP contribution in [0.2, 0.25) is 0 Å². The third kappa shape index (κ3) is 1.63. The summed E-state index contributed by atoms with van der Waals surface area (Å²) in [5, 5.41) is 0. The van der Waals surface area contributed by atoms with Crippen molar-refractivity contribution in [2.24, 2.45) is 0 Å². The minimum atomic E-state index is -6.09. The number of alkyl halides is 6. The molecule has 1 unspecified atom stereocenters. The monoisotopic (exact) mass is 242 g/mol. The van der Waals surface area contributed by atoms with Gasteiger partial charge in [0.15, 0.2) is 5.76 Å². The van der Waals surface area contributed by atoms with Crippen molar-refractivity contribution >= 4 is 0 Å². The zero-order valence-corrected chi connectivity index (χ0v) is 6.64. The topological polar surface area (TPSA) is 9.23 Å². The third-order valence-electron chi connectivity index (χ3n) is 1.69. The van der Waals surface area contributed by atoms with Gasteiger partial charge in [-0.2, -0.15) is 35.1 Å². The van der Waals surface area contributed by atoms with Gasteiger partial charge in [-0.05, 0) is 0 Å². The molecule has 0 N–H and O–H groups in total. The first-order valence-electron chi connectivity index (χ1n) is 3.38. The molecule has 0 aromatic heterocycles. The van der Waals surface area contributed by atoms with Crippen LogP contribution in [0.5, 0.6) is 0 Å². The van der Waals surface area contributed by atoms with Gasteiger partial charge >= 0.3 is 24.0 Å². The van der Waals surface area contributed by atoms with Crippen molar-refractivity contribution in [3.05, 3.63) is 11.8 Å². The van der Waals surface area contributed by atoms with Gasteiger partial charge in [-0.1, -0.05) is 0 Å². The molecule has 1 aliphatic heterocycles. The highest BCUT2D eigenvalue weighted by molar-refractivity contribution is 5.12. The van der Waals surface area contributed by atoms with E-state index in [2.05, 4.69) is 4.74 Å². The van der Waals surface area contributed by atoms with E-state index in [0.29, 0.717) is 0 Å². The first-order valence-corrected chi connectivity index (χ1v) is 3.38. The number of halogens is 8. The van der Waals surface area contributed by atoms with Gasteiger partial charge in [0.05, 0.1) is 6.42 Å². The smallest absolute Gasteiger partial charge is 0.444 e. The van der Waals surface area contributed by atoms with Crippen LogP contribution in [0.3, 0.4) is 0 Å². The molecule has 1 rings (SSSR count). The molecule has 0 aromatic carbocycles. The van der Waals surface area contributed by atoms with Crippen molar-refractivity contribution in [1.82, 2.24) is 0 Å². The molecule has 1 aliphatic rings. The summed E-state index contributed by atoms with van der Waals surface area (Å²) in [5.74, 6) is -12.4. The van der Waals surface area contributed by atoms with E-state index in [9.17, 15) is 35.1 Å². The van der Waals surface area contributed by atoms with E-state index in [0.717, 1.165) is 0 Å². The predicted octanol–water partition coefficient (Wildman–Crippen LogP) is 3.38. The number of hydrogen-bond acceptors (Lipinski definition) is 1. The van der Waals surface area contributed by atoms with Crippen LogP contribution < -0.4 is 0 Å². The Balaban J connectivity index is 3.18. The van der Waals surface area contributed by atoms with Gasteiger partial charge in [-0.25, -0.2) is 0 Å². The molecular formula is C6H2F8O. The molecule has 0 aliphatic carbocycles. The lowest BCUT2D eigenvalue weighted by Crippen LogP contribution is -2.52. The largest absolute Gasteiger partial charge is 0.467 e. The summed E-state index contributed by atoms with van der Waals surface area (Å²) in [6.07, 6.45) is -11.1. The lowest BCUT2D eigenvalue weighted by molar-refractivity contribution is -0.366. The van der Waals surface area contributed by atoms with Crippen LogP contribution in [0.15, 0.2) is 11.8 Å². The normalized spacial score (nSPS) is 30.3. The van der Waals surface area contributed by atoms with Gasteiger partial charge in [0.1, 0.15) is 0 Å². The summed E-state index contributed by atoms with van der Waals surface area (Å²) in [6.45, 7) is 0. The van der Waals surface area contributed by atoms with Gasteiger partial charge in [-0.15, -0.1) is 0 Å². The molecule has 0 radical (unpaired) electrons. The van der Waals surface area contributed by atoms with E-state index < -0.39 is 36.2 Å². The van der Waals surface area contributed by atoms with Crippen LogP contribution in [0.4, 0.5) is 35.1 Å². The third-order valence-corrected chi connectivity index (χ3v) is 1.69. The summed E-state index contributed by atoms with van der Waals surface area (Å²) in [5.41, 5.74) is 0. The Bertz CT molecular complexity index is 301. The number of ether oxygens (including phenoxy) is 1. The Labute approximate surface area is 77.3 Å². The Kier molecular flexibility index (Phi) is 2.40. The van der Waals surface area contributed by atoms with E-state index >= 15 is 0 Å². The molecule has 15 heavy (non-hydrogen) atoms. The van der Waals surface area contributed by atoms with Crippen LogP contribution in [0, 0.1) is 0 Å². The molecular weight excluding hydrogens is 240 g/mol. The molecule has 1 heterocycles. The second-order valence-electron chi connectivity index (χ2n) is 2.76. The van der Waals surface area contributed by atoms with E-state index in [-0.39, 0.29) is 0 Å². The SMILES string of the molecule is FC(F)=C1CC(F)(F)C(F)(C(F)(F)F)O1. The number of allylic oxidation sites excluding steroid dienone is 1. The summed E-state index contributed by atoms with van der Waals surface area (Å²) in [4.78, 5) is 0. The number of rotatable bonds is 0. The molecule has 0 aromatic rings. The Morgan fingerprint density at radius 2 is 1.60 bits per heavy atom. The molecule has 1 nitrogen and oxygen atoms in total. The van der Waals surface area contributed by atoms with Crippen LogP contribution in [0.1, 0.15) is 6.42 Å². The average molecular weight is 242 g/mol. The second kappa shape index (κ2) is 2.99. The Morgan fingerprint density at radius 1 is 1.13 bits per heavy atom. The van der Waals surface area contributed by atoms with Crippen molar-refractivity contribution in [3.63, 3.8) is 0 Å². The first kappa shape index (κ1) is 12.1. The molecule has 9 heteroatoms. The van der Waals surface area contributed by atoms with E-state index in [1.165, 1.54) is 0 Å². The Morgan fingerprint density at radius 3 is 1.80 bits per heavy atom. The Hall–Kier alpha value is -1.02. The fourth-order valence-electron chi connectivity index (χ4n) is 0.966. The van der Waals surface area contributed by atoms with Gasteiger partial charge in [0, 0.05) is 0 Å². The highest BCUT2D eigenvalue weighted by atomic mass is 19.4. The molecule has 88 valence electrons. The van der Waals surface area contributed by atoms with Crippen LogP contribution >= 0.6 is 0 Å². The van der Waals surface area contributed by atoms with Gasteiger partial charge in [-0.3, -0.25) is 0 Å². The summed E-state index contributed by atoms with van der Waals surface area (Å²) < 4.78 is 99.6. The standard InChI is InChI=1S/C6H2F8O/c7-3(8)2-1-4(9,10)5(11,15-2)6(12,13)14/h1H2. The molecule has 0 bridgehead atoms. The lowest BCUT2D eigenvalue weighted by atomic mass is 10.1. The summed E-state index contributed by atoms with van der Waals surface area (Å²) >= 11 is 0. The van der Waals surface area contributed by atoms with E-state index in [4.69, 9.17) is 0 Å². The van der Waals surface area contributed by atoms with Crippen LogP contribution in [0.25, 0.3) is 0 Å². The van der Waals surface area contributed by atoms with Crippen molar-refractivity contribution in [1.29, 1.82) is 0 Å². The average Bonchev–Trinajstić information content (AvgIpc) is 2.23. The highest BCUT2D eigenvalue weighted by Crippen LogP contribution is 2.55. The zero-order chi connectivity index (χ0) is 12.1. The van der Waals surface area contributed by atoms with E-state index in [1.54, 1.807) is 0 Å². The maximum Gasteiger partial charge on any atom is 0.467 e. The summed E-state index contributed by atoms with van der Waals surface area (Å²) in [6, 6.07) is 0. The highest BCUT2D eigenvalue weighted by Gasteiger charge is 2.78. The molecule has 1 saturated heterocycles. The molecule has 1 fully saturated rings. The minimum absolute atomic E-state index is 1.99. The van der Waals surface area contributed by atoms with Crippen molar-refractivity contribution in [3.8, 4) is 0 Å². The van der Waals surface area contributed by atoms with E-state index in [1.807, 2.05) is 0 Å². The van der Waals surface area contributed by atoms with Crippen molar-refractivity contribution < 1.29 is 39.9 Å². The fourth-order valence-corrected chi connectivity index (χ4v) is 0.966.